The second-order valence-corrected chi connectivity index (χ2v) is 7.84. The number of esters is 1. The number of hydrogen-bond acceptors (Lipinski definition) is 8. The molecule has 1 fully saturated rings. The van der Waals surface area contributed by atoms with Crippen LogP contribution in [0.25, 0.3) is 0 Å². The Balaban J connectivity index is 1.69. The van der Waals surface area contributed by atoms with Crippen LogP contribution in [0.5, 0.6) is 0 Å². The van der Waals surface area contributed by atoms with E-state index in [9.17, 15) is 9.59 Å². The first-order valence-corrected chi connectivity index (χ1v) is 9.63. The van der Waals surface area contributed by atoms with Gasteiger partial charge in [0.2, 0.25) is 11.9 Å². The maximum atomic E-state index is 12.7. The summed E-state index contributed by atoms with van der Waals surface area (Å²) in [6.45, 7) is 7.05. The van der Waals surface area contributed by atoms with Crippen molar-refractivity contribution in [2.45, 2.75) is 33.6 Å². The molecule has 3 rings (SSSR count). The number of carbonyl (C=O) groups excluding carboxylic acids is 2. The van der Waals surface area contributed by atoms with Crippen LogP contribution in [0.3, 0.4) is 0 Å². The van der Waals surface area contributed by atoms with E-state index in [2.05, 4.69) is 25.2 Å². The van der Waals surface area contributed by atoms with Crippen LogP contribution >= 0.6 is 11.3 Å². The number of piperidine rings is 1. The molecule has 1 saturated heterocycles. The lowest BCUT2D eigenvalue weighted by atomic mass is 9.97. The van der Waals surface area contributed by atoms with Crippen molar-refractivity contribution in [3.8, 4) is 0 Å². The van der Waals surface area contributed by atoms with E-state index < -0.39 is 5.97 Å². The van der Waals surface area contributed by atoms with E-state index >= 15 is 0 Å². The Morgan fingerprint density at radius 2 is 1.93 bits per heavy atom. The third kappa shape index (κ3) is 4.41. The number of thiazole rings is 1. The van der Waals surface area contributed by atoms with Gasteiger partial charge in [-0.05, 0) is 39.7 Å². The summed E-state index contributed by atoms with van der Waals surface area (Å²) >= 11 is 1.27. The van der Waals surface area contributed by atoms with Gasteiger partial charge in [-0.25, -0.2) is 19.7 Å². The van der Waals surface area contributed by atoms with Crippen LogP contribution in [0.4, 0.5) is 11.1 Å². The third-order valence-electron chi connectivity index (χ3n) is 4.45. The number of methoxy groups -OCH3 is 1. The van der Waals surface area contributed by atoms with Gasteiger partial charge < -0.3 is 15.0 Å². The molecule has 9 heteroatoms. The quantitative estimate of drug-likeness (QED) is 0.802. The van der Waals surface area contributed by atoms with E-state index in [0.717, 1.165) is 30.8 Å². The second-order valence-electron chi connectivity index (χ2n) is 6.64. The van der Waals surface area contributed by atoms with Crippen molar-refractivity contribution >= 4 is 34.3 Å². The molecule has 0 aromatic carbocycles. The van der Waals surface area contributed by atoms with Crippen LogP contribution in [0.2, 0.25) is 0 Å². The van der Waals surface area contributed by atoms with E-state index in [0.29, 0.717) is 22.5 Å². The fourth-order valence-corrected chi connectivity index (χ4v) is 3.97. The van der Waals surface area contributed by atoms with Gasteiger partial charge in [0.25, 0.3) is 0 Å². The summed E-state index contributed by atoms with van der Waals surface area (Å²) in [6.07, 6.45) is 1.68. The van der Waals surface area contributed by atoms with Gasteiger partial charge in [0.05, 0.1) is 13.0 Å². The number of nitrogens with zero attached hydrogens (tertiary/aromatic N) is 4. The van der Waals surface area contributed by atoms with Crippen molar-refractivity contribution in [2.75, 3.05) is 30.4 Å². The average molecular weight is 389 g/mol. The van der Waals surface area contributed by atoms with E-state index in [1.807, 2.05) is 19.9 Å². The van der Waals surface area contributed by atoms with Crippen molar-refractivity contribution < 1.29 is 14.3 Å². The molecular formula is C18H23N5O3S. The Morgan fingerprint density at radius 1 is 1.22 bits per heavy atom. The highest BCUT2D eigenvalue weighted by Gasteiger charge is 2.28. The lowest BCUT2D eigenvalue weighted by Gasteiger charge is -2.32. The molecule has 1 unspecified atom stereocenters. The van der Waals surface area contributed by atoms with Crippen LogP contribution in [-0.4, -0.2) is 47.0 Å². The lowest BCUT2D eigenvalue weighted by Crippen LogP contribution is -2.41. The second kappa shape index (κ2) is 7.99. The molecule has 0 spiro atoms. The van der Waals surface area contributed by atoms with Crippen molar-refractivity contribution in [2.24, 2.45) is 5.92 Å². The monoisotopic (exact) mass is 389 g/mol. The maximum absolute atomic E-state index is 12.7. The highest BCUT2D eigenvalue weighted by atomic mass is 32.1. The number of rotatable bonds is 4. The predicted molar refractivity (Wildman–Crippen MR) is 103 cm³/mol. The molecule has 1 aliphatic rings. The number of ether oxygens (including phenoxy) is 1. The van der Waals surface area contributed by atoms with Crippen LogP contribution in [-0.2, 0) is 9.53 Å². The largest absolute Gasteiger partial charge is 0.464 e. The Morgan fingerprint density at radius 3 is 2.59 bits per heavy atom. The van der Waals surface area contributed by atoms with Crippen molar-refractivity contribution in [3.63, 3.8) is 0 Å². The highest BCUT2D eigenvalue weighted by molar-refractivity contribution is 7.16. The van der Waals surface area contributed by atoms with E-state index in [1.54, 1.807) is 6.92 Å². The van der Waals surface area contributed by atoms with E-state index in [-0.39, 0.29) is 17.5 Å². The van der Waals surface area contributed by atoms with Gasteiger partial charge in [-0.3, -0.25) is 4.79 Å². The summed E-state index contributed by atoms with van der Waals surface area (Å²) in [4.78, 5) is 40.3. The van der Waals surface area contributed by atoms with Crippen LogP contribution in [0.1, 0.15) is 39.6 Å². The first kappa shape index (κ1) is 19.2. The number of hydrogen-bond donors (Lipinski definition) is 1. The molecule has 2 aromatic rings. The Kier molecular flexibility index (Phi) is 5.69. The van der Waals surface area contributed by atoms with Crippen molar-refractivity contribution in [1.29, 1.82) is 0 Å². The normalized spacial score (nSPS) is 16.9. The molecule has 0 aliphatic carbocycles. The summed E-state index contributed by atoms with van der Waals surface area (Å²) in [6, 6.07) is 1.93. The molecule has 2 aromatic heterocycles. The van der Waals surface area contributed by atoms with E-state index in [1.165, 1.54) is 18.4 Å². The molecule has 3 heterocycles. The molecule has 1 N–H and O–H groups in total. The molecule has 144 valence electrons. The summed E-state index contributed by atoms with van der Waals surface area (Å²) < 4.78 is 4.71. The molecular weight excluding hydrogens is 366 g/mol. The fourth-order valence-electron chi connectivity index (χ4n) is 3.16. The first-order valence-electron chi connectivity index (χ1n) is 8.81. The van der Waals surface area contributed by atoms with Gasteiger partial charge in [0.15, 0.2) is 10.8 Å². The summed E-state index contributed by atoms with van der Waals surface area (Å²) in [5.74, 6) is -0.119. The van der Waals surface area contributed by atoms with Gasteiger partial charge >= 0.3 is 5.97 Å². The van der Waals surface area contributed by atoms with Crippen LogP contribution in [0.15, 0.2) is 6.07 Å². The molecule has 0 radical (unpaired) electrons. The number of amides is 1. The summed E-state index contributed by atoms with van der Waals surface area (Å²) in [5.41, 5.74) is 2.07. The minimum Gasteiger partial charge on any atom is -0.464 e. The molecule has 27 heavy (non-hydrogen) atoms. The Bertz CT molecular complexity index is 846. The van der Waals surface area contributed by atoms with E-state index in [4.69, 9.17) is 4.74 Å². The van der Waals surface area contributed by atoms with Gasteiger partial charge in [-0.2, -0.15) is 0 Å². The van der Waals surface area contributed by atoms with Crippen LogP contribution in [0, 0.1) is 26.7 Å². The third-order valence-corrected chi connectivity index (χ3v) is 5.34. The summed E-state index contributed by atoms with van der Waals surface area (Å²) in [5, 5.41) is 3.25. The van der Waals surface area contributed by atoms with Gasteiger partial charge in [0, 0.05) is 29.4 Å². The Labute approximate surface area is 162 Å². The predicted octanol–water partition coefficient (Wildman–Crippen LogP) is 2.50. The first-order chi connectivity index (χ1) is 12.9. The van der Waals surface area contributed by atoms with Gasteiger partial charge in [-0.1, -0.05) is 0 Å². The molecule has 1 atom stereocenters. The number of aromatic nitrogens is 3. The van der Waals surface area contributed by atoms with Crippen molar-refractivity contribution in [3.05, 3.63) is 28.0 Å². The standard InChI is InChI=1S/C18H23N5O3S/c1-10-8-11(2)20-17(19-10)23-7-5-6-13(9-23)15(24)22-18-21-14(12(3)27-18)16(25)26-4/h8,13H,5-7,9H2,1-4H3,(H,21,22,24). The zero-order valence-electron chi connectivity index (χ0n) is 15.9. The van der Waals surface area contributed by atoms with Crippen LogP contribution < -0.4 is 10.2 Å². The highest BCUT2D eigenvalue weighted by Crippen LogP contribution is 2.26. The fraction of sp³-hybridized carbons (Fsp3) is 0.500. The zero-order chi connectivity index (χ0) is 19.6. The minimum atomic E-state index is -0.500. The Hall–Kier alpha value is -2.55. The summed E-state index contributed by atoms with van der Waals surface area (Å²) in [7, 11) is 1.31. The molecule has 0 bridgehead atoms. The molecule has 1 aliphatic heterocycles. The number of carbonyl (C=O) groups is 2. The topological polar surface area (TPSA) is 97.3 Å². The number of anilines is 2. The smallest absolute Gasteiger partial charge is 0.357 e. The molecule has 8 nitrogen and oxygen atoms in total. The lowest BCUT2D eigenvalue weighted by molar-refractivity contribution is -0.120. The van der Waals surface area contributed by atoms with Gasteiger partial charge in [0.1, 0.15) is 0 Å². The molecule has 0 saturated carbocycles. The molecule has 1 amide bonds. The number of nitrogens with one attached hydrogen (secondary N) is 1. The SMILES string of the molecule is COC(=O)c1nc(NC(=O)C2CCCN(c3nc(C)cc(C)n3)C2)sc1C. The van der Waals surface area contributed by atoms with Crippen molar-refractivity contribution in [1.82, 2.24) is 15.0 Å². The number of aryl methyl sites for hydroxylation is 3. The zero-order valence-corrected chi connectivity index (χ0v) is 16.7. The minimum absolute atomic E-state index is 0.103. The van der Waals surface area contributed by atoms with Gasteiger partial charge in [-0.15, -0.1) is 11.3 Å². The maximum Gasteiger partial charge on any atom is 0.357 e. The average Bonchev–Trinajstić information content (AvgIpc) is 3.00.